The number of hydrogen-bond donors (Lipinski definition) is 1. The van der Waals surface area contributed by atoms with E-state index in [0.717, 1.165) is 19.5 Å². The highest BCUT2D eigenvalue weighted by Gasteiger charge is 2.37. The fourth-order valence-corrected chi connectivity index (χ4v) is 2.61. The van der Waals surface area contributed by atoms with Crippen molar-refractivity contribution in [2.75, 3.05) is 33.3 Å². The molecule has 1 saturated heterocycles. The van der Waals surface area contributed by atoms with Gasteiger partial charge in [-0.3, -0.25) is 4.79 Å². The van der Waals surface area contributed by atoms with Crippen LogP contribution in [0.25, 0.3) is 0 Å². The molecule has 0 aliphatic carbocycles. The van der Waals surface area contributed by atoms with Crippen molar-refractivity contribution < 1.29 is 9.53 Å². The van der Waals surface area contributed by atoms with Gasteiger partial charge >= 0.3 is 0 Å². The Morgan fingerprint density at radius 1 is 1.48 bits per heavy atom. The van der Waals surface area contributed by atoms with Crippen LogP contribution in [0.5, 0.6) is 5.75 Å². The van der Waals surface area contributed by atoms with Gasteiger partial charge in [-0.15, -0.1) is 12.4 Å². The summed E-state index contributed by atoms with van der Waals surface area (Å²) in [4.78, 5) is 14.1. The zero-order chi connectivity index (χ0) is 14.6. The molecular weight excluding hydrogens is 311 g/mol. The topological polar surface area (TPSA) is 41.6 Å². The average molecular weight is 333 g/mol. The number of likely N-dealkylation sites (N-methyl/N-ethyl adjacent to an activating group) is 1. The third kappa shape index (κ3) is 4.50. The van der Waals surface area contributed by atoms with Gasteiger partial charge in [0.1, 0.15) is 12.4 Å². The molecule has 1 N–H and O–H groups in total. The minimum atomic E-state index is -0.279. The van der Waals surface area contributed by atoms with Crippen LogP contribution in [-0.4, -0.2) is 44.1 Å². The smallest absolute Gasteiger partial charge is 0.229 e. The molecule has 0 saturated carbocycles. The highest BCUT2D eigenvalue weighted by Crippen LogP contribution is 2.27. The Morgan fingerprint density at radius 3 is 2.81 bits per heavy atom. The second kappa shape index (κ2) is 7.87. The number of nitrogens with zero attached hydrogens (tertiary/aromatic N) is 1. The molecule has 1 atom stereocenters. The van der Waals surface area contributed by atoms with Gasteiger partial charge in [0.2, 0.25) is 5.91 Å². The molecule has 1 amide bonds. The molecule has 0 spiro atoms. The van der Waals surface area contributed by atoms with Crippen LogP contribution in [-0.2, 0) is 4.79 Å². The van der Waals surface area contributed by atoms with E-state index in [1.165, 1.54) is 0 Å². The fourth-order valence-electron chi connectivity index (χ4n) is 2.42. The maximum atomic E-state index is 12.4. The maximum Gasteiger partial charge on any atom is 0.229 e. The van der Waals surface area contributed by atoms with Gasteiger partial charge in [-0.25, -0.2) is 0 Å². The summed E-state index contributed by atoms with van der Waals surface area (Å²) in [6.45, 7) is 4.67. The molecule has 1 heterocycles. The van der Waals surface area contributed by atoms with E-state index in [4.69, 9.17) is 16.3 Å². The lowest BCUT2D eigenvalue weighted by Crippen LogP contribution is -2.43. The second-order valence-corrected chi connectivity index (χ2v) is 5.90. The third-order valence-electron chi connectivity index (χ3n) is 3.75. The first kappa shape index (κ1) is 18.1. The summed E-state index contributed by atoms with van der Waals surface area (Å²) in [6.07, 6.45) is 0.890. The van der Waals surface area contributed by atoms with Gasteiger partial charge in [-0.2, -0.15) is 0 Å². The lowest BCUT2D eigenvalue weighted by molar-refractivity contribution is -0.139. The Hall–Kier alpha value is -0.970. The van der Waals surface area contributed by atoms with Crippen LogP contribution in [0.1, 0.15) is 13.3 Å². The van der Waals surface area contributed by atoms with Crippen molar-refractivity contribution >= 4 is 29.9 Å². The molecule has 1 aromatic carbocycles. The van der Waals surface area contributed by atoms with E-state index >= 15 is 0 Å². The monoisotopic (exact) mass is 332 g/mol. The molecule has 1 aliphatic rings. The Labute approximate surface area is 137 Å². The largest absolute Gasteiger partial charge is 0.490 e. The minimum absolute atomic E-state index is 0. The van der Waals surface area contributed by atoms with Gasteiger partial charge in [0.05, 0.1) is 17.0 Å². The number of halogens is 2. The molecule has 4 nitrogen and oxygen atoms in total. The summed E-state index contributed by atoms with van der Waals surface area (Å²) < 4.78 is 5.61. The number of hydrogen-bond acceptors (Lipinski definition) is 3. The van der Waals surface area contributed by atoms with E-state index in [1.54, 1.807) is 11.0 Å². The van der Waals surface area contributed by atoms with E-state index in [2.05, 4.69) is 5.32 Å². The Kier molecular flexibility index (Phi) is 6.78. The zero-order valence-corrected chi connectivity index (χ0v) is 14.0. The van der Waals surface area contributed by atoms with E-state index in [9.17, 15) is 4.79 Å². The molecule has 1 aliphatic heterocycles. The molecule has 0 aromatic heterocycles. The van der Waals surface area contributed by atoms with Crippen molar-refractivity contribution in [3.63, 3.8) is 0 Å². The predicted octanol–water partition coefficient (Wildman–Crippen LogP) is 2.60. The highest BCUT2D eigenvalue weighted by molar-refractivity contribution is 6.32. The number of benzene rings is 1. The highest BCUT2D eigenvalue weighted by atomic mass is 35.5. The van der Waals surface area contributed by atoms with E-state index in [1.807, 2.05) is 32.2 Å². The van der Waals surface area contributed by atoms with Crippen LogP contribution < -0.4 is 10.1 Å². The molecule has 1 fully saturated rings. The standard InChI is InChI=1S/C15H21ClN2O2.ClH/c1-15(7-8-17-11-15)14(19)18(2)9-10-20-13-6-4-3-5-12(13)16;/h3-6,17H,7-11H2,1-2H3;1H. The molecule has 21 heavy (non-hydrogen) atoms. The van der Waals surface area contributed by atoms with Crippen molar-refractivity contribution in [2.45, 2.75) is 13.3 Å². The number of rotatable bonds is 5. The molecule has 1 unspecified atom stereocenters. The van der Waals surface area contributed by atoms with Crippen LogP contribution in [0.15, 0.2) is 24.3 Å². The van der Waals surface area contributed by atoms with Crippen molar-refractivity contribution in [1.82, 2.24) is 10.2 Å². The van der Waals surface area contributed by atoms with Crippen molar-refractivity contribution in [1.29, 1.82) is 0 Å². The predicted molar refractivity (Wildman–Crippen MR) is 87.4 cm³/mol. The van der Waals surface area contributed by atoms with Crippen LogP contribution in [0, 0.1) is 5.41 Å². The number of nitrogens with one attached hydrogen (secondary N) is 1. The summed E-state index contributed by atoms with van der Waals surface area (Å²) >= 11 is 6.01. The van der Waals surface area contributed by atoms with E-state index in [0.29, 0.717) is 23.9 Å². The van der Waals surface area contributed by atoms with Crippen LogP contribution in [0.3, 0.4) is 0 Å². The first-order valence-electron chi connectivity index (χ1n) is 6.86. The van der Waals surface area contributed by atoms with E-state index in [-0.39, 0.29) is 23.7 Å². The molecule has 6 heteroatoms. The summed E-state index contributed by atoms with van der Waals surface area (Å²) in [5.41, 5.74) is -0.279. The van der Waals surface area contributed by atoms with Gasteiger partial charge in [-0.05, 0) is 32.0 Å². The van der Waals surface area contributed by atoms with Crippen molar-refractivity contribution in [3.8, 4) is 5.75 Å². The lowest BCUT2D eigenvalue weighted by atomic mass is 9.88. The van der Waals surface area contributed by atoms with Gasteiger partial charge in [0.15, 0.2) is 0 Å². The first-order chi connectivity index (χ1) is 9.53. The Bertz CT molecular complexity index is 476. The molecular formula is C15H22Cl2N2O2. The van der Waals surface area contributed by atoms with Crippen molar-refractivity contribution in [2.24, 2.45) is 5.41 Å². The molecule has 0 radical (unpaired) electrons. The quantitative estimate of drug-likeness (QED) is 0.901. The number of carbonyl (C=O) groups is 1. The zero-order valence-electron chi connectivity index (χ0n) is 12.4. The SMILES string of the molecule is CN(CCOc1ccccc1Cl)C(=O)C1(C)CCNC1.Cl. The number of carbonyl (C=O) groups excluding carboxylic acids is 1. The average Bonchev–Trinajstić information content (AvgIpc) is 2.88. The van der Waals surface area contributed by atoms with Crippen LogP contribution in [0.4, 0.5) is 0 Å². The number of amides is 1. The summed E-state index contributed by atoms with van der Waals surface area (Å²) in [7, 11) is 1.82. The maximum absolute atomic E-state index is 12.4. The summed E-state index contributed by atoms with van der Waals surface area (Å²) in [6, 6.07) is 7.35. The summed E-state index contributed by atoms with van der Waals surface area (Å²) in [5.74, 6) is 0.828. The van der Waals surface area contributed by atoms with Crippen LogP contribution >= 0.6 is 24.0 Å². The Balaban J connectivity index is 0.00000220. The molecule has 118 valence electrons. The first-order valence-corrected chi connectivity index (χ1v) is 7.24. The van der Waals surface area contributed by atoms with Gasteiger partial charge in [0, 0.05) is 13.6 Å². The number of ether oxygens (including phenoxy) is 1. The lowest BCUT2D eigenvalue weighted by Gasteiger charge is -2.28. The number of para-hydroxylation sites is 1. The third-order valence-corrected chi connectivity index (χ3v) is 4.06. The molecule has 1 aromatic rings. The molecule has 2 rings (SSSR count). The van der Waals surface area contributed by atoms with E-state index < -0.39 is 0 Å². The normalized spacial score (nSPS) is 20.7. The molecule has 0 bridgehead atoms. The minimum Gasteiger partial charge on any atom is -0.490 e. The van der Waals surface area contributed by atoms with Crippen LogP contribution in [0.2, 0.25) is 5.02 Å². The van der Waals surface area contributed by atoms with Crippen molar-refractivity contribution in [3.05, 3.63) is 29.3 Å². The second-order valence-electron chi connectivity index (χ2n) is 5.49. The Morgan fingerprint density at radius 2 is 2.19 bits per heavy atom. The van der Waals surface area contributed by atoms with Gasteiger partial charge in [0.25, 0.3) is 0 Å². The summed E-state index contributed by atoms with van der Waals surface area (Å²) in [5, 5.41) is 3.83. The van der Waals surface area contributed by atoms with Gasteiger partial charge in [-0.1, -0.05) is 23.7 Å². The fraction of sp³-hybridized carbons (Fsp3) is 0.533. The van der Waals surface area contributed by atoms with Gasteiger partial charge < -0.3 is 15.0 Å².